The van der Waals surface area contributed by atoms with Crippen LogP contribution in [-0.2, 0) is 30.9 Å². The molecule has 32 heavy (non-hydrogen) atoms. The van der Waals surface area contributed by atoms with Crippen molar-refractivity contribution >= 4 is 5.91 Å². The molecule has 0 aliphatic rings. The minimum absolute atomic E-state index is 0.202. The molecule has 1 amide bonds. The number of carbonyl (C=O) groups is 1. The minimum atomic E-state index is -0.266. The summed E-state index contributed by atoms with van der Waals surface area (Å²) in [6.45, 7) is 5.65. The molecule has 6 nitrogen and oxygen atoms in total. The lowest BCUT2D eigenvalue weighted by atomic mass is 10.1. The number of nitrogens with zero attached hydrogens (tertiary/aromatic N) is 3. The number of pyridine rings is 2. The number of hydrogen-bond donors (Lipinski definition) is 0. The molecule has 0 radical (unpaired) electrons. The topological polar surface area (TPSA) is 64.4 Å². The number of benzene rings is 1. The Morgan fingerprint density at radius 2 is 1.81 bits per heavy atom. The van der Waals surface area contributed by atoms with Crippen LogP contribution in [0, 0.1) is 6.92 Å². The quantitative estimate of drug-likeness (QED) is 0.485. The molecule has 0 atom stereocenters. The molecule has 0 fully saturated rings. The first kappa shape index (κ1) is 23.4. The van der Waals surface area contributed by atoms with Gasteiger partial charge in [-0.05, 0) is 49.9 Å². The van der Waals surface area contributed by atoms with Crippen LogP contribution in [0.3, 0.4) is 0 Å². The van der Waals surface area contributed by atoms with Crippen LogP contribution in [0.25, 0.3) is 0 Å². The summed E-state index contributed by atoms with van der Waals surface area (Å²) in [7, 11) is 1.59. The molecule has 1 aromatic carbocycles. The Kier molecular flexibility index (Phi) is 8.34. The molecule has 0 unspecified atom stereocenters. The van der Waals surface area contributed by atoms with E-state index >= 15 is 0 Å². The van der Waals surface area contributed by atoms with Gasteiger partial charge in [-0.25, -0.2) is 0 Å². The van der Waals surface area contributed by atoms with Gasteiger partial charge in [0, 0.05) is 50.9 Å². The van der Waals surface area contributed by atoms with Gasteiger partial charge in [-0.1, -0.05) is 30.3 Å². The Bertz CT molecular complexity index is 1080. The standard InChI is InChI=1S/C26H31N3O3/c1-4-28(18-22-12-14-27-15-13-22)26(31)25-23(19-32-3)29(20(2)17-24(25)30)16-8-11-21-9-6-5-7-10-21/h5-7,9-10,12-15,17H,4,8,11,16,18-19H2,1-3H3. The second-order valence-corrected chi connectivity index (χ2v) is 7.82. The second kappa shape index (κ2) is 11.4. The zero-order valence-electron chi connectivity index (χ0n) is 19.1. The highest BCUT2D eigenvalue weighted by atomic mass is 16.5. The number of hydrogen-bond acceptors (Lipinski definition) is 4. The number of amides is 1. The van der Waals surface area contributed by atoms with Gasteiger partial charge in [0.2, 0.25) is 0 Å². The summed E-state index contributed by atoms with van der Waals surface area (Å²) in [4.78, 5) is 32.2. The van der Waals surface area contributed by atoms with Crippen molar-refractivity contribution in [3.8, 4) is 0 Å². The lowest BCUT2D eigenvalue weighted by molar-refractivity contribution is 0.0743. The summed E-state index contributed by atoms with van der Waals surface area (Å²) in [5, 5.41) is 0. The van der Waals surface area contributed by atoms with Gasteiger partial charge in [0.25, 0.3) is 5.91 Å². The zero-order chi connectivity index (χ0) is 22.9. The van der Waals surface area contributed by atoms with Gasteiger partial charge in [0.15, 0.2) is 5.43 Å². The van der Waals surface area contributed by atoms with Crippen LogP contribution in [-0.4, -0.2) is 34.0 Å². The lowest BCUT2D eigenvalue weighted by Gasteiger charge is -2.24. The number of aryl methyl sites for hydroxylation is 2. The van der Waals surface area contributed by atoms with Gasteiger partial charge < -0.3 is 14.2 Å². The molecule has 0 spiro atoms. The van der Waals surface area contributed by atoms with Crippen molar-refractivity contribution in [1.82, 2.24) is 14.5 Å². The summed E-state index contributed by atoms with van der Waals surface area (Å²) in [5.41, 5.74) is 3.66. The van der Waals surface area contributed by atoms with Crippen LogP contribution >= 0.6 is 0 Å². The van der Waals surface area contributed by atoms with Gasteiger partial charge >= 0.3 is 0 Å². The van der Waals surface area contributed by atoms with Crippen molar-refractivity contribution in [3.63, 3.8) is 0 Å². The number of aromatic nitrogens is 2. The zero-order valence-corrected chi connectivity index (χ0v) is 19.1. The molecule has 0 aliphatic heterocycles. The van der Waals surface area contributed by atoms with E-state index in [1.165, 1.54) is 5.56 Å². The molecule has 2 heterocycles. The monoisotopic (exact) mass is 433 g/mol. The molecule has 3 rings (SSSR count). The van der Waals surface area contributed by atoms with E-state index < -0.39 is 0 Å². The van der Waals surface area contributed by atoms with Crippen molar-refractivity contribution in [2.75, 3.05) is 13.7 Å². The molecule has 2 aromatic heterocycles. The molecular weight excluding hydrogens is 402 g/mol. The van der Waals surface area contributed by atoms with E-state index in [1.807, 2.05) is 44.2 Å². The summed E-state index contributed by atoms with van der Waals surface area (Å²) in [6, 6.07) is 15.6. The summed E-state index contributed by atoms with van der Waals surface area (Å²) in [6.07, 6.45) is 5.23. The largest absolute Gasteiger partial charge is 0.378 e. The average Bonchev–Trinajstić information content (AvgIpc) is 2.80. The van der Waals surface area contributed by atoms with E-state index in [9.17, 15) is 9.59 Å². The molecule has 0 N–H and O–H groups in total. The predicted octanol–water partition coefficient (Wildman–Crippen LogP) is 3.99. The van der Waals surface area contributed by atoms with Crippen LogP contribution in [0.15, 0.2) is 65.7 Å². The fraction of sp³-hybridized carbons (Fsp3) is 0.346. The predicted molar refractivity (Wildman–Crippen MR) is 126 cm³/mol. The highest BCUT2D eigenvalue weighted by Gasteiger charge is 2.24. The number of carbonyl (C=O) groups excluding carboxylic acids is 1. The molecule has 6 heteroatoms. The first-order valence-electron chi connectivity index (χ1n) is 11.0. The first-order chi connectivity index (χ1) is 15.5. The van der Waals surface area contributed by atoms with Crippen LogP contribution in [0.1, 0.15) is 46.2 Å². The van der Waals surface area contributed by atoms with Gasteiger partial charge in [-0.15, -0.1) is 0 Å². The van der Waals surface area contributed by atoms with Crippen molar-refractivity contribution in [3.05, 3.63) is 99.2 Å². The van der Waals surface area contributed by atoms with Crippen LogP contribution < -0.4 is 5.43 Å². The highest BCUT2D eigenvalue weighted by molar-refractivity contribution is 5.95. The van der Waals surface area contributed by atoms with Crippen molar-refractivity contribution in [2.24, 2.45) is 0 Å². The number of rotatable bonds is 10. The molecule has 168 valence electrons. The van der Waals surface area contributed by atoms with E-state index in [4.69, 9.17) is 4.74 Å². The highest BCUT2D eigenvalue weighted by Crippen LogP contribution is 2.16. The average molecular weight is 434 g/mol. The molecular formula is C26H31N3O3. The molecule has 0 bridgehead atoms. The molecule has 0 aliphatic carbocycles. The van der Waals surface area contributed by atoms with Crippen molar-refractivity contribution < 1.29 is 9.53 Å². The van der Waals surface area contributed by atoms with Crippen LogP contribution in [0.4, 0.5) is 0 Å². The number of ether oxygens (including phenoxy) is 1. The fourth-order valence-corrected chi connectivity index (χ4v) is 3.94. The van der Waals surface area contributed by atoms with Gasteiger partial charge in [0.05, 0.1) is 12.3 Å². The first-order valence-corrected chi connectivity index (χ1v) is 11.0. The maximum Gasteiger partial charge on any atom is 0.260 e. The minimum Gasteiger partial charge on any atom is -0.378 e. The third-order valence-electron chi connectivity index (χ3n) is 5.60. The summed E-state index contributed by atoms with van der Waals surface area (Å²) < 4.78 is 7.48. The Balaban J connectivity index is 1.90. The third-order valence-corrected chi connectivity index (χ3v) is 5.60. The number of methoxy groups -OCH3 is 1. The van der Waals surface area contributed by atoms with E-state index in [0.29, 0.717) is 25.3 Å². The van der Waals surface area contributed by atoms with Crippen LogP contribution in [0.2, 0.25) is 0 Å². The maximum atomic E-state index is 13.5. The second-order valence-electron chi connectivity index (χ2n) is 7.82. The Morgan fingerprint density at radius 1 is 1.09 bits per heavy atom. The van der Waals surface area contributed by atoms with E-state index in [-0.39, 0.29) is 23.5 Å². The normalized spacial score (nSPS) is 10.8. The smallest absolute Gasteiger partial charge is 0.260 e. The van der Waals surface area contributed by atoms with Crippen molar-refractivity contribution in [1.29, 1.82) is 0 Å². The SMILES string of the molecule is CCN(Cc1ccncc1)C(=O)c1c(COC)n(CCCc2ccccc2)c(C)cc1=O. The van der Waals surface area contributed by atoms with Crippen molar-refractivity contribution in [2.45, 2.75) is 46.4 Å². The van der Waals surface area contributed by atoms with Gasteiger partial charge in [0.1, 0.15) is 5.56 Å². The fourth-order valence-electron chi connectivity index (χ4n) is 3.94. The van der Waals surface area contributed by atoms with Gasteiger partial charge in [-0.2, -0.15) is 0 Å². The summed E-state index contributed by atoms with van der Waals surface area (Å²) in [5.74, 6) is -0.266. The van der Waals surface area contributed by atoms with E-state index in [2.05, 4.69) is 21.7 Å². The molecule has 3 aromatic rings. The third kappa shape index (κ3) is 5.71. The Morgan fingerprint density at radius 3 is 2.47 bits per heavy atom. The van der Waals surface area contributed by atoms with E-state index in [0.717, 1.165) is 24.1 Å². The van der Waals surface area contributed by atoms with Gasteiger partial charge in [-0.3, -0.25) is 14.6 Å². The lowest BCUT2D eigenvalue weighted by Crippen LogP contribution is -2.36. The van der Waals surface area contributed by atoms with E-state index in [1.54, 1.807) is 30.5 Å². The molecule has 0 saturated heterocycles. The Hall–Kier alpha value is -3.25. The Labute approximate surface area is 189 Å². The molecule has 0 saturated carbocycles. The summed E-state index contributed by atoms with van der Waals surface area (Å²) >= 11 is 0. The van der Waals surface area contributed by atoms with Crippen LogP contribution in [0.5, 0.6) is 0 Å². The maximum absolute atomic E-state index is 13.5.